The molecule has 6 heteroatoms. The zero-order chi connectivity index (χ0) is 16.4. The van der Waals surface area contributed by atoms with Gasteiger partial charge in [0.1, 0.15) is 0 Å². The number of rotatable bonds is 2. The molecule has 5 nitrogen and oxygen atoms in total. The van der Waals surface area contributed by atoms with Gasteiger partial charge < -0.3 is 9.80 Å². The molecule has 0 N–H and O–H groups in total. The van der Waals surface area contributed by atoms with Crippen LogP contribution in [0.3, 0.4) is 0 Å². The number of hydrogen-bond donors (Lipinski definition) is 0. The predicted molar refractivity (Wildman–Crippen MR) is 101 cm³/mol. The number of halogens is 1. The maximum Gasteiger partial charge on any atom is 0.151 e. The molecule has 3 aromatic rings. The fourth-order valence-electron chi connectivity index (χ4n) is 3.23. The molecule has 1 aromatic carbocycles. The molecule has 0 unspecified atom stereocenters. The van der Waals surface area contributed by atoms with Gasteiger partial charge in [-0.3, -0.25) is 4.98 Å². The average molecular weight is 384 g/mol. The summed E-state index contributed by atoms with van der Waals surface area (Å²) < 4.78 is 1.08. The van der Waals surface area contributed by atoms with Crippen LogP contribution in [0.1, 0.15) is 6.42 Å². The van der Waals surface area contributed by atoms with E-state index in [9.17, 15) is 0 Å². The Bertz CT molecular complexity index is 839. The van der Waals surface area contributed by atoms with E-state index in [4.69, 9.17) is 0 Å². The summed E-state index contributed by atoms with van der Waals surface area (Å²) in [6.07, 6.45) is 4.71. The minimum Gasteiger partial charge on any atom is -0.369 e. The van der Waals surface area contributed by atoms with E-state index in [0.717, 1.165) is 48.4 Å². The SMILES string of the molecule is Brc1ccc2nccc(N3CCCN(c4cccnn4)CC3)c2c1. The minimum atomic E-state index is 0.941. The van der Waals surface area contributed by atoms with Crippen LogP contribution < -0.4 is 9.80 Å². The van der Waals surface area contributed by atoms with Gasteiger partial charge in [0.05, 0.1) is 5.52 Å². The second-order valence-electron chi connectivity index (χ2n) is 5.90. The molecule has 0 amide bonds. The summed E-state index contributed by atoms with van der Waals surface area (Å²) in [4.78, 5) is 9.25. The Morgan fingerprint density at radius 1 is 0.917 bits per heavy atom. The highest BCUT2D eigenvalue weighted by Gasteiger charge is 2.18. The van der Waals surface area contributed by atoms with Crippen molar-refractivity contribution < 1.29 is 0 Å². The Morgan fingerprint density at radius 2 is 1.79 bits per heavy atom. The van der Waals surface area contributed by atoms with Crippen LogP contribution in [0.4, 0.5) is 11.5 Å². The third-order valence-corrected chi connectivity index (χ3v) is 4.89. The van der Waals surface area contributed by atoms with Gasteiger partial charge >= 0.3 is 0 Å². The van der Waals surface area contributed by atoms with Crippen LogP contribution in [0.2, 0.25) is 0 Å². The lowest BCUT2D eigenvalue weighted by Crippen LogP contribution is -2.31. The van der Waals surface area contributed by atoms with Crippen LogP contribution in [0.5, 0.6) is 0 Å². The largest absolute Gasteiger partial charge is 0.369 e. The molecule has 3 heterocycles. The second-order valence-corrected chi connectivity index (χ2v) is 6.82. The lowest BCUT2D eigenvalue weighted by atomic mass is 10.1. The Balaban J connectivity index is 1.61. The molecule has 0 radical (unpaired) electrons. The molecule has 4 rings (SSSR count). The van der Waals surface area contributed by atoms with Crippen LogP contribution >= 0.6 is 15.9 Å². The highest BCUT2D eigenvalue weighted by molar-refractivity contribution is 9.10. The van der Waals surface area contributed by atoms with E-state index in [2.05, 4.69) is 59.1 Å². The number of fused-ring (bicyclic) bond motifs is 1. The summed E-state index contributed by atoms with van der Waals surface area (Å²) in [5.41, 5.74) is 2.29. The van der Waals surface area contributed by atoms with Gasteiger partial charge in [-0.05, 0) is 42.8 Å². The number of hydrogen-bond acceptors (Lipinski definition) is 5. The Morgan fingerprint density at radius 3 is 2.67 bits per heavy atom. The van der Waals surface area contributed by atoms with E-state index in [-0.39, 0.29) is 0 Å². The van der Waals surface area contributed by atoms with E-state index >= 15 is 0 Å². The van der Waals surface area contributed by atoms with Gasteiger partial charge in [0.2, 0.25) is 0 Å². The topological polar surface area (TPSA) is 45.2 Å². The van der Waals surface area contributed by atoms with Crippen molar-refractivity contribution in [1.82, 2.24) is 15.2 Å². The Hall–Kier alpha value is -2.21. The minimum absolute atomic E-state index is 0.941. The quantitative estimate of drug-likeness (QED) is 0.677. The van der Waals surface area contributed by atoms with Crippen molar-refractivity contribution in [1.29, 1.82) is 0 Å². The number of anilines is 2. The molecule has 1 aliphatic heterocycles. The number of nitrogens with zero attached hydrogens (tertiary/aromatic N) is 5. The van der Waals surface area contributed by atoms with Crippen molar-refractivity contribution in [3.63, 3.8) is 0 Å². The maximum atomic E-state index is 4.49. The first-order chi connectivity index (χ1) is 11.8. The van der Waals surface area contributed by atoms with Gasteiger partial charge in [-0.15, -0.1) is 5.10 Å². The van der Waals surface area contributed by atoms with Gasteiger partial charge in [0, 0.05) is 54.1 Å². The molecule has 122 valence electrons. The van der Waals surface area contributed by atoms with Crippen molar-refractivity contribution in [2.24, 2.45) is 0 Å². The molecule has 1 saturated heterocycles. The smallest absolute Gasteiger partial charge is 0.151 e. The average Bonchev–Trinajstić information content (AvgIpc) is 2.88. The van der Waals surface area contributed by atoms with Crippen molar-refractivity contribution in [2.75, 3.05) is 36.0 Å². The zero-order valence-corrected chi connectivity index (χ0v) is 14.9. The normalized spacial score (nSPS) is 15.5. The fourth-order valence-corrected chi connectivity index (χ4v) is 3.59. The first kappa shape index (κ1) is 15.3. The highest BCUT2D eigenvalue weighted by atomic mass is 79.9. The highest BCUT2D eigenvalue weighted by Crippen LogP contribution is 2.29. The predicted octanol–water partition coefficient (Wildman–Crippen LogP) is 3.50. The first-order valence-electron chi connectivity index (χ1n) is 8.13. The van der Waals surface area contributed by atoms with Crippen molar-refractivity contribution in [2.45, 2.75) is 6.42 Å². The summed E-state index contributed by atoms with van der Waals surface area (Å²) in [5.74, 6) is 0.960. The molecule has 2 aromatic heterocycles. The van der Waals surface area contributed by atoms with E-state index in [1.165, 1.54) is 11.1 Å². The van der Waals surface area contributed by atoms with Crippen molar-refractivity contribution >= 4 is 38.3 Å². The van der Waals surface area contributed by atoms with E-state index in [0.29, 0.717) is 0 Å². The second kappa shape index (κ2) is 6.73. The van der Waals surface area contributed by atoms with Crippen LogP contribution in [0.15, 0.2) is 53.3 Å². The molecule has 1 fully saturated rings. The van der Waals surface area contributed by atoms with Crippen LogP contribution in [0.25, 0.3) is 10.9 Å². The fraction of sp³-hybridized carbons (Fsp3) is 0.278. The first-order valence-corrected chi connectivity index (χ1v) is 8.92. The molecular weight excluding hydrogens is 366 g/mol. The summed E-state index contributed by atoms with van der Waals surface area (Å²) in [5, 5.41) is 9.44. The van der Waals surface area contributed by atoms with E-state index in [1.807, 2.05) is 24.4 Å². The van der Waals surface area contributed by atoms with Crippen molar-refractivity contribution in [3.8, 4) is 0 Å². The van der Waals surface area contributed by atoms with Gasteiger partial charge in [0.15, 0.2) is 5.82 Å². The number of pyridine rings is 1. The monoisotopic (exact) mass is 383 g/mol. The molecular formula is C18H18BrN5. The van der Waals surface area contributed by atoms with Crippen LogP contribution in [0, 0.1) is 0 Å². The Kier molecular flexibility index (Phi) is 4.30. The van der Waals surface area contributed by atoms with Gasteiger partial charge in [0.25, 0.3) is 0 Å². The lowest BCUT2D eigenvalue weighted by Gasteiger charge is -2.25. The molecule has 0 saturated carbocycles. The zero-order valence-electron chi connectivity index (χ0n) is 13.3. The van der Waals surface area contributed by atoms with Crippen LogP contribution in [-0.2, 0) is 0 Å². The maximum absolute atomic E-state index is 4.49. The molecule has 0 aliphatic carbocycles. The van der Waals surface area contributed by atoms with E-state index in [1.54, 1.807) is 6.20 Å². The summed E-state index contributed by atoms with van der Waals surface area (Å²) in [6.45, 7) is 3.93. The molecule has 0 spiro atoms. The third kappa shape index (κ3) is 3.06. The Labute approximate surface area is 149 Å². The van der Waals surface area contributed by atoms with Gasteiger partial charge in [-0.2, -0.15) is 5.10 Å². The van der Waals surface area contributed by atoms with Crippen LogP contribution in [-0.4, -0.2) is 41.4 Å². The summed E-state index contributed by atoms with van der Waals surface area (Å²) in [7, 11) is 0. The lowest BCUT2D eigenvalue weighted by molar-refractivity contribution is 0.786. The third-order valence-electron chi connectivity index (χ3n) is 4.40. The number of benzene rings is 1. The standard InChI is InChI=1S/C18H18BrN5/c19-14-4-5-16-15(13-14)17(6-8-20-16)23-9-2-10-24(12-11-23)18-3-1-7-21-22-18/h1,3-8,13H,2,9-12H2. The van der Waals surface area contributed by atoms with Gasteiger partial charge in [-0.1, -0.05) is 15.9 Å². The molecule has 0 bridgehead atoms. The van der Waals surface area contributed by atoms with E-state index < -0.39 is 0 Å². The molecule has 1 aliphatic rings. The summed E-state index contributed by atoms with van der Waals surface area (Å²) >= 11 is 3.58. The molecule has 0 atom stereocenters. The summed E-state index contributed by atoms with van der Waals surface area (Å²) in [6, 6.07) is 12.3. The van der Waals surface area contributed by atoms with Gasteiger partial charge in [-0.25, -0.2) is 0 Å². The van der Waals surface area contributed by atoms with Crippen molar-refractivity contribution in [3.05, 3.63) is 53.3 Å². The molecule has 24 heavy (non-hydrogen) atoms. The number of aromatic nitrogens is 3.